The Bertz CT molecular complexity index is 232. The monoisotopic (exact) mass is 269 g/mol. The zero-order valence-electron chi connectivity index (χ0n) is 12.5. The van der Waals surface area contributed by atoms with E-state index in [-0.39, 0.29) is 6.10 Å². The maximum Gasteiger partial charge on any atom is 0.0705 e. The SMILES string of the molecule is COC(CN)CCN1CCC(N2CCCCC2)CC1. The third kappa shape index (κ3) is 4.71. The molecule has 0 aliphatic carbocycles. The molecule has 0 saturated carbocycles. The van der Waals surface area contributed by atoms with Crippen molar-refractivity contribution in [2.75, 3.05) is 46.4 Å². The lowest BCUT2D eigenvalue weighted by Gasteiger charge is -2.40. The molecule has 0 aromatic heterocycles. The third-order valence-corrected chi connectivity index (χ3v) is 4.83. The van der Waals surface area contributed by atoms with Gasteiger partial charge in [-0.15, -0.1) is 0 Å². The van der Waals surface area contributed by atoms with Crippen LogP contribution in [0.3, 0.4) is 0 Å². The van der Waals surface area contributed by atoms with Crippen LogP contribution in [0.5, 0.6) is 0 Å². The molecule has 0 aromatic carbocycles. The molecule has 1 unspecified atom stereocenters. The second-order valence-electron chi connectivity index (χ2n) is 6.05. The third-order valence-electron chi connectivity index (χ3n) is 4.83. The summed E-state index contributed by atoms with van der Waals surface area (Å²) in [6, 6.07) is 0.851. The van der Waals surface area contributed by atoms with Crippen LogP contribution in [-0.4, -0.2) is 68.3 Å². The molecule has 2 N–H and O–H groups in total. The molecule has 0 aromatic rings. The summed E-state index contributed by atoms with van der Waals surface area (Å²) >= 11 is 0. The molecule has 0 spiro atoms. The van der Waals surface area contributed by atoms with Crippen LogP contribution in [0.4, 0.5) is 0 Å². The van der Waals surface area contributed by atoms with Gasteiger partial charge in [-0.05, 0) is 58.3 Å². The fourth-order valence-electron chi connectivity index (χ4n) is 3.45. The van der Waals surface area contributed by atoms with Crippen molar-refractivity contribution in [3.05, 3.63) is 0 Å². The first-order valence-corrected chi connectivity index (χ1v) is 8.02. The zero-order valence-corrected chi connectivity index (χ0v) is 12.5. The van der Waals surface area contributed by atoms with Crippen molar-refractivity contribution in [3.63, 3.8) is 0 Å². The predicted octanol–water partition coefficient (Wildman–Crippen LogP) is 1.30. The highest BCUT2D eigenvalue weighted by atomic mass is 16.5. The van der Waals surface area contributed by atoms with E-state index in [0.717, 1.165) is 19.0 Å². The van der Waals surface area contributed by atoms with Gasteiger partial charge < -0.3 is 20.3 Å². The molecule has 2 aliphatic heterocycles. The maximum absolute atomic E-state index is 5.67. The molecule has 2 heterocycles. The topological polar surface area (TPSA) is 41.7 Å². The van der Waals surface area contributed by atoms with Crippen LogP contribution in [0.25, 0.3) is 0 Å². The molecule has 0 bridgehead atoms. The first-order chi connectivity index (χ1) is 9.33. The first kappa shape index (κ1) is 15.2. The minimum Gasteiger partial charge on any atom is -0.380 e. The molecule has 2 fully saturated rings. The van der Waals surface area contributed by atoms with Gasteiger partial charge >= 0.3 is 0 Å². The van der Waals surface area contributed by atoms with E-state index in [2.05, 4.69) is 9.80 Å². The summed E-state index contributed by atoms with van der Waals surface area (Å²) in [5.41, 5.74) is 5.67. The van der Waals surface area contributed by atoms with Crippen molar-refractivity contribution in [1.29, 1.82) is 0 Å². The fourth-order valence-corrected chi connectivity index (χ4v) is 3.45. The van der Waals surface area contributed by atoms with Gasteiger partial charge in [0.2, 0.25) is 0 Å². The van der Waals surface area contributed by atoms with Crippen molar-refractivity contribution in [2.24, 2.45) is 5.73 Å². The summed E-state index contributed by atoms with van der Waals surface area (Å²) in [6.07, 6.45) is 8.26. The van der Waals surface area contributed by atoms with E-state index in [1.165, 1.54) is 58.3 Å². The number of rotatable bonds is 6. The number of likely N-dealkylation sites (tertiary alicyclic amines) is 2. The first-order valence-electron chi connectivity index (χ1n) is 8.02. The van der Waals surface area contributed by atoms with Gasteiger partial charge in [-0.2, -0.15) is 0 Å². The molecule has 112 valence electrons. The molecule has 2 saturated heterocycles. The summed E-state index contributed by atoms with van der Waals surface area (Å²) in [6.45, 7) is 6.96. The van der Waals surface area contributed by atoms with E-state index >= 15 is 0 Å². The minimum atomic E-state index is 0.236. The van der Waals surface area contributed by atoms with Gasteiger partial charge in [0.05, 0.1) is 6.10 Å². The Balaban J connectivity index is 1.64. The van der Waals surface area contributed by atoms with Crippen LogP contribution in [0.15, 0.2) is 0 Å². The second kappa shape index (κ2) is 8.20. The Kier molecular flexibility index (Phi) is 6.57. The van der Waals surface area contributed by atoms with Gasteiger partial charge in [0.25, 0.3) is 0 Å². The lowest BCUT2D eigenvalue weighted by atomic mass is 9.99. The van der Waals surface area contributed by atoms with Gasteiger partial charge in [0.15, 0.2) is 0 Å². The molecular weight excluding hydrogens is 238 g/mol. The fraction of sp³-hybridized carbons (Fsp3) is 1.00. The molecule has 19 heavy (non-hydrogen) atoms. The van der Waals surface area contributed by atoms with E-state index in [1.807, 2.05) is 0 Å². The van der Waals surface area contributed by atoms with Gasteiger partial charge in [-0.1, -0.05) is 6.42 Å². The maximum atomic E-state index is 5.67. The Morgan fingerprint density at radius 3 is 2.37 bits per heavy atom. The van der Waals surface area contributed by atoms with Crippen LogP contribution < -0.4 is 5.73 Å². The number of methoxy groups -OCH3 is 1. The van der Waals surface area contributed by atoms with Gasteiger partial charge in [-0.3, -0.25) is 0 Å². The average Bonchev–Trinajstić information content (AvgIpc) is 2.50. The molecule has 1 atom stereocenters. The van der Waals surface area contributed by atoms with Crippen LogP contribution >= 0.6 is 0 Å². The number of hydrogen-bond donors (Lipinski definition) is 1. The zero-order chi connectivity index (χ0) is 13.5. The van der Waals surface area contributed by atoms with Crippen LogP contribution in [0.1, 0.15) is 38.5 Å². The summed E-state index contributed by atoms with van der Waals surface area (Å²) in [5.74, 6) is 0. The molecule has 0 radical (unpaired) electrons. The normalized spacial score (nSPS) is 25.6. The average molecular weight is 269 g/mol. The van der Waals surface area contributed by atoms with E-state index in [4.69, 9.17) is 10.5 Å². The van der Waals surface area contributed by atoms with Crippen molar-refractivity contribution >= 4 is 0 Å². The highest BCUT2D eigenvalue weighted by Gasteiger charge is 2.25. The van der Waals surface area contributed by atoms with Gasteiger partial charge in [-0.25, -0.2) is 0 Å². The molecule has 0 amide bonds. The number of ether oxygens (including phenoxy) is 1. The quantitative estimate of drug-likeness (QED) is 0.789. The van der Waals surface area contributed by atoms with Crippen LogP contribution in [-0.2, 0) is 4.74 Å². The summed E-state index contributed by atoms with van der Waals surface area (Å²) in [4.78, 5) is 5.32. The van der Waals surface area contributed by atoms with Crippen molar-refractivity contribution < 1.29 is 4.74 Å². The smallest absolute Gasteiger partial charge is 0.0705 e. The number of nitrogens with zero attached hydrogens (tertiary/aromatic N) is 2. The lowest BCUT2D eigenvalue weighted by Crippen LogP contribution is -2.47. The van der Waals surface area contributed by atoms with E-state index in [9.17, 15) is 0 Å². The van der Waals surface area contributed by atoms with Crippen molar-refractivity contribution in [3.8, 4) is 0 Å². The van der Waals surface area contributed by atoms with Crippen LogP contribution in [0, 0.1) is 0 Å². The predicted molar refractivity (Wildman–Crippen MR) is 79.4 cm³/mol. The molecule has 4 heteroatoms. The number of nitrogens with two attached hydrogens (primary N) is 1. The highest BCUT2D eigenvalue weighted by Crippen LogP contribution is 2.21. The van der Waals surface area contributed by atoms with Crippen molar-refractivity contribution in [2.45, 2.75) is 50.7 Å². The van der Waals surface area contributed by atoms with Gasteiger partial charge in [0.1, 0.15) is 0 Å². The van der Waals surface area contributed by atoms with E-state index in [1.54, 1.807) is 7.11 Å². The number of piperidine rings is 2. The largest absolute Gasteiger partial charge is 0.380 e. The number of hydrogen-bond acceptors (Lipinski definition) is 4. The second-order valence-corrected chi connectivity index (χ2v) is 6.05. The highest BCUT2D eigenvalue weighted by molar-refractivity contribution is 4.81. The lowest BCUT2D eigenvalue weighted by molar-refractivity contribution is 0.0667. The molecule has 4 nitrogen and oxygen atoms in total. The minimum absolute atomic E-state index is 0.236. The Morgan fingerprint density at radius 1 is 1.11 bits per heavy atom. The Morgan fingerprint density at radius 2 is 1.79 bits per heavy atom. The molecule has 2 aliphatic rings. The van der Waals surface area contributed by atoms with Gasteiger partial charge in [0, 0.05) is 26.2 Å². The van der Waals surface area contributed by atoms with E-state index in [0.29, 0.717) is 6.54 Å². The Hall–Kier alpha value is -0.160. The van der Waals surface area contributed by atoms with Crippen LogP contribution in [0.2, 0.25) is 0 Å². The summed E-state index contributed by atoms with van der Waals surface area (Å²) in [7, 11) is 1.76. The Labute approximate surface area is 118 Å². The van der Waals surface area contributed by atoms with E-state index < -0.39 is 0 Å². The molecular formula is C15H31N3O. The van der Waals surface area contributed by atoms with Crippen molar-refractivity contribution in [1.82, 2.24) is 9.80 Å². The summed E-state index contributed by atoms with van der Waals surface area (Å²) < 4.78 is 5.35. The summed E-state index contributed by atoms with van der Waals surface area (Å²) in [5, 5.41) is 0. The standard InChI is InChI=1S/C15H31N3O/c1-19-15(13-16)7-12-17-10-5-14(6-11-17)18-8-3-2-4-9-18/h14-15H,2-13,16H2,1H3. The molecule has 2 rings (SSSR count).